The van der Waals surface area contributed by atoms with Gasteiger partial charge in [0.2, 0.25) is 5.91 Å². The number of rotatable bonds is 6. The standard InChI is InChI=1S/C13H16FNO3S/c1-8(7-19-2)13(18)15-10-4-3-9(5-12(16)17)11(14)6-10/h3-4,6,8H,5,7H2,1-2H3,(H,15,18)(H,16,17). The molecule has 19 heavy (non-hydrogen) atoms. The van der Waals surface area contributed by atoms with Crippen LogP contribution in [-0.2, 0) is 16.0 Å². The van der Waals surface area contributed by atoms with Crippen LogP contribution in [-0.4, -0.2) is 29.0 Å². The monoisotopic (exact) mass is 285 g/mol. The van der Waals surface area contributed by atoms with E-state index in [4.69, 9.17) is 5.11 Å². The summed E-state index contributed by atoms with van der Waals surface area (Å²) in [6, 6.07) is 4.02. The zero-order valence-electron chi connectivity index (χ0n) is 10.8. The van der Waals surface area contributed by atoms with Gasteiger partial charge in [-0.2, -0.15) is 11.8 Å². The first kappa shape index (κ1) is 15.5. The summed E-state index contributed by atoms with van der Waals surface area (Å²) in [6.07, 6.45) is 1.53. The third kappa shape index (κ3) is 4.90. The highest BCUT2D eigenvalue weighted by Gasteiger charge is 2.13. The second-order valence-corrected chi connectivity index (χ2v) is 5.13. The van der Waals surface area contributed by atoms with E-state index in [2.05, 4.69) is 5.32 Å². The molecule has 0 bridgehead atoms. The van der Waals surface area contributed by atoms with Crippen molar-refractivity contribution in [3.8, 4) is 0 Å². The molecule has 1 aromatic carbocycles. The van der Waals surface area contributed by atoms with Gasteiger partial charge in [-0.25, -0.2) is 4.39 Å². The molecule has 104 valence electrons. The van der Waals surface area contributed by atoms with E-state index in [0.29, 0.717) is 11.4 Å². The number of anilines is 1. The van der Waals surface area contributed by atoms with Crippen molar-refractivity contribution in [3.05, 3.63) is 29.6 Å². The van der Waals surface area contributed by atoms with Crippen LogP contribution in [0.2, 0.25) is 0 Å². The minimum Gasteiger partial charge on any atom is -0.481 e. The fourth-order valence-corrected chi connectivity index (χ4v) is 2.17. The summed E-state index contributed by atoms with van der Waals surface area (Å²) in [4.78, 5) is 22.2. The predicted octanol–water partition coefficient (Wildman–Crippen LogP) is 2.39. The number of carboxylic acid groups (broad SMARTS) is 1. The van der Waals surface area contributed by atoms with E-state index in [-0.39, 0.29) is 23.8 Å². The Labute approximate surface area is 115 Å². The second-order valence-electron chi connectivity index (χ2n) is 4.22. The lowest BCUT2D eigenvalue weighted by Crippen LogP contribution is -2.22. The van der Waals surface area contributed by atoms with Gasteiger partial charge in [-0.05, 0) is 24.0 Å². The van der Waals surface area contributed by atoms with Gasteiger partial charge in [-0.3, -0.25) is 9.59 Å². The number of amides is 1. The quantitative estimate of drug-likeness (QED) is 0.842. The number of hydrogen-bond donors (Lipinski definition) is 2. The van der Waals surface area contributed by atoms with Crippen molar-refractivity contribution < 1.29 is 19.1 Å². The van der Waals surface area contributed by atoms with Gasteiger partial charge in [0.15, 0.2) is 0 Å². The van der Waals surface area contributed by atoms with Gasteiger partial charge in [-0.15, -0.1) is 0 Å². The number of hydrogen-bond acceptors (Lipinski definition) is 3. The van der Waals surface area contributed by atoms with Crippen molar-refractivity contribution in [3.63, 3.8) is 0 Å². The molecule has 0 spiro atoms. The van der Waals surface area contributed by atoms with E-state index in [0.717, 1.165) is 6.07 Å². The summed E-state index contributed by atoms with van der Waals surface area (Å²) in [5.74, 6) is -1.38. The molecule has 4 nitrogen and oxygen atoms in total. The molecule has 0 aromatic heterocycles. The fraction of sp³-hybridized carbons (Fsp3) is 0.385. The van der Waals surface area contributed by atoms with Gasteiger partial charge in [-0.1, -0.05) is 13.0 Å². The van der Waals surface area contributed by atoms with Crippen molar-refractivity contribution in [2.24, 2.45) is 5.92 Å². The molecule has 1 amide bonds. The van der Waals surface area contributed by atoms with Crippen molar-refractivity contribution in [2.45, 2.75) is 13.3 Å². The molecule has 0 saturated heterocycles. The van der Waals surface area contributed by atoms with Gasteiger partial charge < -0.3 is 10.4 Å². The predicted molar refractivity (Wildman–Crippen MR) is 73.9 cm³/mol. The van der Waals surface area contributed by atoms with E-state index in [1.165, 1.54) is 12.1 Å². The topological polar surface area (TPSA) is 66.4 Å². The lowest BCUT2D eigenvalue weighted by molar-refractivity contribution is -0.136. The molecule has 1 atom stereocenters. The zero-order chi connectivity index (χ0) is 14.4. The summed E-state index contributed by atoms with van der Waals surface area (Å²) in [6.45, 7) is 1.79. The second kappa shape index (κ2) is 7.13. The van der Waals surface area contributed by atoms with Crippen LogP contribution in [0.1, 0.15) is 12.5 Å². The fourth-order valence-electron chi connectivity index (χ4n) is 1.52. The number of nitrogens with one attached hydrogen (secondary N) is 1. The van der Waals surface area contributed by atoms with Crippen LogP contribution in [0.15, 0.2) is 18.2 Å². The summed E-state index contributed by atoms with van der Waals surface area (Å²) in [7, 11) is 0. The Hall–Kier alpha value is -1.56. The Kier molecular flexibility index (Phi) is 5.82. The summed E-state index contributed by atoms with van der Waals surface area (Å²) in [5, 5.41) is 11.2. The van der Waals surface area contributed by atoms with Crippen LogP contribution >= 0.6 is 11.8 Å². The number of carbonyl (C=O) groups excluding carboxylic acids is 1. The number of aliphatic carboxylic acids is 1. The largest absolute Gasteiger partial charge is 0.481 e. The molecule has 6 heteroatoms. The Morgan fingerprint density at radius 2 is 2.16 bits per heavy atom. The summed E-state index contributed by atoms with van der Waals surface area (Å²) in [5.41, 5.74) is 0.437. The average molecular weight is 285 g/mol. The van der Waals surface area contributed by atoms with Crippen LogP contribution in [0, 0.1) is 11.7 Å². The minimum atomic E-state index is -1.09. The highest BCUT2D eigenvalue weighted by molar-refractivity contribution is 7.98. The van der Waals surface area contributed by atoms with Gasteiger partial charge in [0.1, 0.15) is 5.82 Å². The molecule has 2 N–H and O–H groups in total. The average Bonchev–Trinajstić information content (AvgIpc) is 2.32. The van der Waals surface area contributed by atoms with Crippen LogP contribution in [0.25, 0.3) is 0 Å². The van der Waals surface area contributed by atoms with Crippen LogP contribution < -0.4 is 5.32 Å². The first-order valence-electron chi connectivity index (χ1n) is 5.74. The summed E-state index contributed by atoms with van der Waals surface area (Å²) >= 11 is 1.56. The molecule has 0 aliphatic heterocycles. The molecule has 0 saturated carbocycles. The molecule has 0 radical (unpaired) electrons. The maximum atomic E-state index is 13.6. The van der Waals surface area contributed by atoms with Gasteiger partial charge in [0.05, 0.1) is 6.42 Å². The lowest BCUT2D eigenvalue weighted by Gasteiger charge is -2.11. The van der Waals surface area contributed by atoms with E-state index < -0.39 is 11.8 Å². The molecule has 1 rings (SSSR count). The number of benzene rings is 1. The van der Waals surface area contributed by atoms with Gasteiger partial charge in [0, 0.05) is 17.4 Å². The maximum absolute atomic E-state index is 13.6. The Morgan fingerprint density at radius 1 is 1.47 bits per heavy atom. The van der Waals surface area contributed by atoms with Crippen LogP contribution in [0.3, 0.4) is 0 Å². The molecule has 0 aliphatic rings. The smallest absolute Gasteiger partial charge is 0.307 e. The van der Waals surface area contributed by atoms with Crippen LogP contribution in [0.4, 0.5) is 10.1 Å². The molecular weight excluding hydrogens is 269 g/mol. The Balaban J connectivity index is 2.73. The summed E-state index contributed by atoms with van der Waals surface area (Å²) < 4.78 is 13.6. The maximum Gasteiger partial charge on any atom is 0.307 e. The SMILES string of the molecule is CSCC(C)C(=O)Nc1ccc(CC(=O)O)c(F)c1. The third-order valence-corrected chi connectivity index (χ3v) is 3.36. The van der Waals surface area contributed by atoms with E-state index in [1.807, 2.05) is 6.26 Å². The highest BCUT2D eigenvalue weighted by atomic mass is 32.2. The zero-order valence-corrected chi connectivity index (χ0v) is 11.6. The molecule has 0 fully saturated rings. The van der Waals surface area contributed by atoms with Crippen molar-refractivity contribution in [1.29, 1.82) is 0 Å². The van der Waals surface area contributed by atoms with Gasteiger partial charge >= 0.3 is 5.97 Å². The van der Waals surface area contributed by atoms with E-state index >= 15 is 0 Å². The number of carboxylic acids is 1. The van der Waals surface area contributed by atoms with E-state index in [9.17, 15) is 14.0 Å². The van der Waals surface area contributed by atoms with Crippen molar-refractivity contribution in [1.82, 2.24) is 0 Å². The molecule has 0 heterocycles. The molecule has 1 unspecified atom stereocenters. The normalized spacial score (nSPS) is 11.9. The minimum absolute atomic E-state index is 0.0997. The Bertz CT molecular complexity index is 479. The lowest BCUT2D eigenvalue weighted by atomic mass is 10.1. The number of carbonyl (C=O) groups is 2. The van der Waals surface area contributed by atoms with Crippen molar-refractivity contribution >= 4 is 29.3 Å². The van der Waals surface area contributed by atoms with Gasteiger partial charge in [0.25, 0.3) is 0 Å². The third-order valence-electron chi connectivity index (χ3n) is 2.53. The Morgan fingerprint density at radius 3 is 2.68 bits per heavy atom. The molecule has 0 aliphatic carbocycles. The first-order valence-corrected chi connectivity index (χ1v) is 7.13. The van der Waals surface area contributed by atoms with E-state index in [1.54, 1.807) is 18.7 Å². The number of thioether (sulfide) groups is 1. The first-order chi connectivity index (χ1) is 8.93. The molecular formula is C13H16FNO3S. The highest BCUT2D eigenvalue weighted by Crippen LogP contribution is 2.16. The molecule has 1 aromatic rings. The number of halogens is 1. The van der Waals surface area contributed by atoms with Crippen molar-refractivity contribution in [2.75, 3.05) is 17.3 Å². The van der Waals surface area contributed by atoms with Crippen LogP contribution in [0.5, 0.6) is 0 Å².